The van der Waals surface area contributed by atoms with E-state index in [1.54, 1.807) is 12.1 Å². The monoisotopic (exact) mass is 345 g/mol. The molecular weight excluding hydrogens is 317 g/mol. The summed E-state index contributed by atoms with van der Waals surface area (Å²) in [6.07, 6.45) is 1.95. The SMILES string of the molecule is CCN(CC)CCCC(C)NC(=O)c1cc(C)nc2ccc(F)cc12. The van der Waals surface area contributed by atoms with Crippen LogP contribution in [0.15, 0.2) is 24.3 Å². The molecule has 0 saturated heterocycles. The van der Waals surface area contributed by atoms with Crippen molar-refractivity contribution < 1.29 is 9.18 Å². The van der Waals surface area contributed by atoms with E-state index >= 15 is 0 Å². The fraction of sp³-hybridized carbons (Fsp3) is 0.500. The van der Waals surface area contributed by atoms with E-state index in [4.69, 9.17) is 0 Å². The Balaban J connectivity index is 2.05. The first-order chi connectivity index (χ1) is 11.9. The Morgan fingerprint density at radius 1 is 1.28 bits per heavy atom. The van der Waals surface area contributed by atoms with Gasteiger partial charge in [0.15, 0.2) is 0 Å². The summed E-state index contributed by atoms with van der Waals surface area (Å²) in [4.78, 5) is 19.4. The third-order valence-electron chi connectivity index (χ3n) is 4.53. The summed E-state index contributed by atoms with van der Waals surface area (Å²) >= 11 is 0. The quantitative estimate of drug-likeness (QED) is 0.789. The minimum absolute atomic E-state index is 0.0696. The second-order valence-electron chi connectivity index (χ2n) is 6.52. The summed E-state index contributed by atoms with van der Waals surface area (Å²) < 4.78 is 13.6. The Hall–Kier alpha value is -2.01. The third-order valence-corrected chi connectivity index (χ3v) is 4.53. The van der Waals surface area contributed by atoms with Crippen LogP contribution in [0.5, 0.6) is 0 Å². The van der Waals surface area contributed by atoms with Crippen LogP contribution in [-0.4, -0.2) is 41.5 Å². The van der Waals surface area contributed by atoms with Gasteiger partial charge in [-0.1, -0.05) is 13.8 Å². The topological polar surface area (TPSA) is 45.2 Å². The summed E-state index contributed by atoms with van der Waals surface area (Å²) in [6, 6.07) is 6.15. The van der Waals surface area contributed by atoms with Gasteiger partial charge in [-0.05, 0) is 70.6 Å². The molecule has 1 N–H and O–H groups in total. The highest BCUT2D eigenvalue weighted by molar-refractivity contribution is 6.06. The number of hydrogen-bond acceptors (Lipinski definition) is 3. The molecule has 1 aromatic carbocycles. The Kier molecular flexibility index (Phi) is 6.88. The molecule has 2 aromatic rings. The number of rotatable bonds is 8. The molecule has 1 unspecified atom stereocenters. The van der Waals surface area contributed by atoms with Crippen molar-refractivity contribution in [3.8, 4) is 0 Å². The van der Waals surface area contributed by atoms with Crippen molar-refractivity contribution in [3.63, 3.8) is 0 Å². The van der Waals surface area contributed by atoms with Crippen molar-refractivity contribution in [2.75, 3.05) is 19.6 Å². The average molecular weight is 345 g/mol. The maximum Gasteiger partial charge on any atom is 0.252 e. The van der Waals surface area contributed by atoms with Gasteiger partial charge in [0.25, 0.3) is 5.91 Å². The lowest BCUT2D eigenvalue weighted by molar-refractivity contribution is 0.0938. The minimum atomic E-state index is -0.362. The van der Waals surface area contributed by atoms with Gasteiger partial charge in [0.05, 0.1) is 11.1 Å². The van der Waals surface area contributed by atoms with Crippen LogP contribution >= 0.6 is 0 Å². The number of amides is 1. The molecule has 2 rings (SSSR count). The van der Waals surface area contributed by atoms with E-state index in [2.05, 4.69) is 29.0 Å². The van der Waals surface area contributed by atoms with Crippen LogP contribution in [0.4, 0.5) is 4.39 Å². The minimum Gasteiger partial charge on any atom is -0.350 e. The van der Waals surface area contributed by atoms with Crippen LogP contribution in [0.3, 0.4) is 0 Å². The van der Waals surface area contributed by atoms with E-state index in [0.717, 1.165) is 38.2 Å². The number of nitrogens with zero attached hydrogens (tertiary/aromatic N) is 2. The van der Waals surface area contributed by atoms with Gasteiger partial charge in [0.1, 0.15) is 5.82 Å². The van der Waals surface area contributed by atoms with Gasteiger partial charge >= 0.3 is 0 Å². The number of carbonyl (C=O) groups excluding carboxylic acids is 1. The van der Waals surface area contributed by atoms with Crippen molar-refractivity contribution in [1.29, 1.82) is 0 Å². The van der Waals surface area contributed by atoms with Gasteiger partial charge < -0.3 is 10.2 Å². The maximum absolute atomic E-state index is 13.6. The van der Waals surface area contributed by atoms with Crippen LogP contribution in [0.2, 0.25) is 0 Å². The molecule has 5 heteroatoms. The zero-order valence-electron chi connectivity index (χ0n) is 15.6. The molecule has 0 aliphatic rings. The number of aromatic nitrogens is 1. The molecule has 0 aliphatic carbocycles. The normalized spacial score (nSPS) is 12.6. The van der Waals surface area contributed by atoms with Crippen LogP contribution in [0.1, 0.15) is 49.7 Å². The van der Waals surface area contributed by atoms with Gasteiger partial charge in [0.2, 0.25) is 0 Å². The Morgan fingerprint density at radius 2 is 2.00 bits per heavy atom. The second-order valence-corrected chi connectivity index (χ2v) is 6.52. The van der Waals surface area contributed by atoms with E-state index < -0.39 is 0 Å². The lowest BCUT2D eigenvalue weighted by Gasteiger charge is -2.20. The smallest absolute Gasteiger partial charge is 0.252 e. The standard InChI is InChI=1S/C20H28FN3O/c1-5-24(6-2)11-7-8-14(3)23-20(25)18-12-15(4)22-19-10-9-16(21)13-17(18)19/h9-10,12-14H,5-8,11H2,1-4H3,(H,23,25). The van der Waals surface area contributed by atoms with Gasteiger partial charge in [-0.25, -0.2) is 4.39 Å². The van der Waals surface area contributed by atoms with E-state index in [-0.39, 0.29) is 17.8 Å². The van der Waals surface area contributed by atoms with Crippen molar-refractivity contribution in [2.24, 2.45) is 0 Å². The first-order valence-corrected chi connectivity index (χ1v) is 9.04. The molecule has 1 heterocycles. The third kappa shape index (κ3) is 5.23. The fourth-order valence-electron chi connectivity index (χ4n) is 3.05. The molecule has 1 amide bonds. The molecule has 0 spiro atoms. The van der Waals surface area contributed by atoms with Crippen LogP contribution in [0.25, 0.3) is 10.9 Å². The van der Waals surface area contributed by atoms with E-state index in [0.29, 0.717) is 16.5 Å². The molecule has 1 aromatic heterocycles. The molecule has 1 atom stereocenters. The number of halogens is 1. The first-order valence-electron chi connectivity index (χ1n) is 9.04. The Bertz CT molecular complexity index is 728. The average Bonchev–Trinajstić information content (AvgIpc) is 2.58. The number of fused-ring (bicyclic) bond motifs is 1. The van der Waals surface area contributed by atoms with Gasteiger partial charge in [-0.15, -0.1) is 0 Å². The summed E-state index contributed by atoms with van der Waals surface area (Å²) in [6.45, 7) is 11.3. The lowest BCUT2D eigenvalue weighted by atomic mass is 10.1. The van der Waals surface area contributed by atoms with Crippen molar-refractivity contribution >= 4 is 16.8 Å². The largest absolute Gasteiger partial charge is 0.350 e. The van der Waals surface area contributed by atoms with Crippen molar-refractivity contribution in [2.45, 2.75) is 46.6 Å². The summed E-state index contributed by atoms with van der Waals surface area (Å²) in [5.74, 6) is -0.532. The summed E-state index contributed by atoms with van der Waals surface area (Å²) in [5.41, 5.74) is 1.87. The molecule has 4 nitrogen and oxygen atoms in total. The first kappa shape index (κ1) is 19.3. The maximum atomic E-state index is 13.6. The highest BCUT2D eigenvalue weighted by atomic mass is 19.1. The van der Waals surface area contributed by atoms with E-state index in [9.17, 15) is 9.18 Å². The van der Waals surface area contributed by atoms with Crippen LogP contribution in [-0.2, 0) is 0 Å². The van der Waals surface area contributed by atoms with Gasteiger partial charge in [-0.2, -0.15) is 0 Å². The highest BCUT2D eigenvalue weighted by Crippen LogP contribution is 2.20. The van der Waals surface area contributed by atoms with E-state index in [1.807, 2.05) is 13.8 Å². The molecular formula is C20H28FN3O. The number of benzene rings is 1. The van der Waals surface area contributed by atoms with Gasteiger partial charge in [-0.3, -0.25) is 9.78 Å². The fourth-order valence-corrected chi connectivity index (χ4v) is 3.05. The zero-order valence-corrected chi connectivity index (χ0v) is 15.6. The summed E-state index contributed by atoms with van der Waals surface area (Å²) in [7, 11) is 0. The number of hydrogen-bond donors (Lipinski definition) is 1. The van der Waals surface area contributed by atoms with Crippen LogP contribution < -0.4 is 5.32 Å². The molecule has 0 radical (unpaired) electrons. The van der Waals surface area contributed by atoms with Gasteiger partial charge in [0, 0.05) is 17.1 Å². The highest BCUT2D eigenvalue weighted by Gasteiger charge is 2.15. The number of nitrogens with one attached hydrogen (secondary N) is 1. The van der Waals surface area contributed by atoms with Crippen molar-refractivity contribution in [3.05, 3.63) is 41.3 Å². The number of pyridine rings is 1. The van der Waals surface area contributed by atoms with Crippen molar-refractivity contribution in [1.82, 2.24) is 15.2 Å². The lowest BCUT2D eigenvalue weighted by Crippen LogP contribution is -2.34. The molecule has 25 heavy (non-hydrogen) atoms. The number of aryl methyl sites for hydroxylation is 1. The zero-order chi connectivity index (χ0) is 18.4. The second kappa shape index (κ2) is 8.90. The molecule has 0 bridgehead atoms. The summed E-state index contributed by atoms with van der Waals surface area (Å²) in [5, 5.41) is 3.59. The molecule has 136 valence electrons. The predicted molar refractivity (Wildman–Crippen MR) is 100 cm³/mol. The predicted octanol–water partition coefficient (Wildman–Crippen LogP) is 3.92. The molecule has 0 saturated carbocycles. The molecule has 0 fully saturated rings. The van der Waals surface area contributed by atoms with E-state index in [1.165, 1.54) is 12.1 Å². The number of carbonyl (C=O) groups is 1. The Morgan fingerprint density at radius 3 is 2.68 bits per heavy atom. The van der Waals surface area contributed by atoms with Crippen LogP contribution in [0, 0.1) is 12.7 Å². The molecule has 0 aliphatic heterocycles. The Labute approximate surface area is 149 Å².